The molecule has 2 nitrogen and oxygen atoms in total. The van der Waals surface area contributed by atoms with Gasteiger partial charge in [-0.25, -0.2) is 4.39 Å². The molecule has 0 radical (unpaired) electrons. The molecule has 2 aromatic rings. The van der Waals surface area contributed by atoms with E-state index in [1.165, 1.54) is 23.3 Å². The maximum Gasteiger partial charge on any atom is 0.123 e. The Morgan fingerprint density at radius 1 is 1.05 bits per heavy atom. The first-order valence-electron chi connectivity index (χ1n) is 7.92. The highest BCUT2D eigenvalue weighted by atomic mass is 19.1. The maximum atomic E-state index is 13.2. The van der Waals surface area contributed by atoms with Crippen molar-refractivity contribution in [3.8, 4) is 0 Å². The molecule has 0 amide bonds. The summed E-state index contributed by atoms with van der Waals surface area (Å²) in [6, 6.07) is 15.7. The van der Waals surface area contributed by atoms with Crippen LogP contribution >= 0.6 is 0 Å². The topological polar surface area (TPSA) is 38.0 Å². The Morgan fingerprint density at radius 2 is 1.68 bits per heavy atom. The third kappa shape index (κ3) is 2.92. The summed E-state index contributed by atoms with van der Waals surface area (Å²) in [5.41, 5.74) is 9.91. The Balaban J connectivity index is 1.85. The zero-order valence-corrected chi connectivity index (χ0v) is 13.1. The van der Waals surface area contributed by atoms with Crippen LogP contribution in [-0.2, 0) is 0 Å². The van der Waals surface area contributed by atoms with Crippen LogP contribution in [0.5, 0.6) is 0 Å². The van der Waals surface area contributed by atoms with Gasteiger partial charge < -0.3 is 11.1 Å². The van der Waals surface area contributed by atoms with Crippen LogP contribution in [0, 0.1) is 11.7 Å². The van der Waals surface area contributed by atoms with E-state index in [1.54, 1.807) is 0 Å². The van der Waals surface area contributed by atoms with Crippen LogP contribution in [0.1, 0.15) is 55.1 Å². The van der Waals surface area contributed by atoms with Gasteiger partial charge in [-0.1, -0.05) is 50.2 Å². The summed E-state index contributed by atoms with van der Waals surface area (Å²) in [5, 5.41) is 3.74. The molecule has 1 aliphatic rings. The van der Waals surface area contributed by atoms with E-state index in [1.807, 2.05) is 18.2 Å². The Bertz CT molecular complexity index is 636. The number of rotatable bonds is 4. The largest absolute Gasteiger partial charge is 0.324 e. The van der Waals surface area contributed by atoms with E-state index in [2.05, 4.69) is 37.4 Å². The summed E-state index contributed by atoms with van der Waals surface area (Å²) in [4.78, 5) is 0. The molecule has 22 heavy (non-hydrogen) atoms. The van der Waals surface area contributed by atoms with Crippen LogP contribution in [0.2, 0.25) is 0 Å². The van der Waals surface area contributed by atoms with E-state index >= 15 is 0 Å². The van der Waals surface area contributed by atoms with Crippen molar-refractivity contribution in [2.45, 2.75) is 38.4 Å². The minimum absolute atomic E-state index is 0.0923. The number of nitrogens with two attached hydrogens (primary N) is 1. The third-order valence-corrected chi connectivity index (χ3v) is 4.54. The van der Waals surface area contributed by atoms with Crippen molar-refractivity contribution in [2.75, 3.05) is 0 Å². The zero-order valence-electron chi connectivity index (χ0n) is 13.1. The van der Waals surface area contributed by atoms with Crippen molar-refractivity contribution < 1.29 is 4.39 Å². The fraction of sp³-hybridized carbons (Fsp3) is 0.368. The summed E-state index contributed by atoms with van der Waals surface area (Å²) < 4.78 is 13.2. The van der Waals surface area contributed by atoms with Crippen LogP contribution in [-0.4, -0.2) is 0 Å². The summed E-state index contributed by atoms with van der Waals surface area (Å²) in [6.45, 7) is 4.36. The average molecular weight is 298 g/mol. The van der Waals surface area contributed by atoms with Crippen molar-refractivity contribution in [3.63, 3.8) is 0 Å². The summed E-state index contributed by atoms with van der Waals surface area (Å²) in [6.07, 6.45) is 0.907. The van der Waals surface area contributed by atoms with Crippen molar-refractivity contribution in [2.24, 2.45) is 11.7 Å². The molecule has 0 saturated carbocycles. The Labute approximate surface area is 131 Å². The SMILES string of the molecule is CC(C)C(NC1CC(N)c2ccccc21)c1ccc(F)cc1. The van der Waals surface area contributed by atoms with Gasteiger partial charge in [0.25, 0.3) is 0 Å². The molecule has 2 aromatic carbocycles. The molecule has 3 rings (SSSR count). The summed E-state index contributed by atoms with van der Waals surface area (Å²) in [7, 11) is 0. The van der Waals surface area contributed by atoms with Gasteiger partial charge in [0, 0.05) is 18.1 Å². The summed E-state index contributed by atoms with van der Waals surface area (Å²) in [5.74, 6) is 0.217. The lowest BCUT2D eigenvalue weighted by Gasteiger charge is -2.27. The van der Waals surface area contributed by atoms with Gasteiger partial charge in [0.2, 0.25) is 0 Å². The Hall–Kier alpha value is -1.71. The van der Waals surface area contributed by atoms with Crippen LogP contribution in [0.3, 0.4) is 0 Å². The maximum absolute atomic E-state index is 13.2. The lowest BCUT2D eigenvalue weighted by Crippen LogP contribution is -2.29. The van der Waals surface area contributed by atoms with E-state index in [4.69, 9.17) is 5.73 Å². The number of halogens is 1. The normalized spacial score (nSPS) is 21.9. The molecule has 1 aliphatic carbocycles. The minimum Gasteiger partial charge on any atom is -0.324 e. The predicted octanol–water partition coefficient (Wildman–Crippen LogP) is 4.26. The highest BCUT2D eigenvalue weighted by Gasteiger charge is 2.30. The second-order valence-electron chi connectivity index (χ2n) is 6.46. The lowest BCUT2D eigenvalue weighted by atomic mass is 9.94. The molecule has 3 unspecified atom stereocenters. The van der Waals surface area contributed by atoms with E-state index < -0.39 is 0 Å². The van der Waals surface area contributed by atoms with E-state index in [0.717, 1.165) is 12.0 Å². The van der Waals surface area contributed by atoms with E-state index in [9.17, 15) is 4.39 Å². The van der Waals surface area contributed by atoms with Crippen LogP contribution in [0.25, 0.3) is 0 Å². The molecule has 116 valence electrons. The molecule has 0 aliphatic heterocycles. The van der Waals surface area contributed by atoms with Gasteiger partial charge in [0.05, 0.1) is 0 Å². The lowest BCUT2D eigenvalue weighted by molar-refractivity contribution is 0.354. The smallest absolute Gasteiger partial charge is 0.123 e. The van der Waals surface area contributed by atoms with Crippen molar-refractivity contribution in [1.29, 1.82) is 0 Å². The number of hydrogen-bond donors (Lipinski definition) is 2. The third-order valence-electron chi connectivity index (χ3n) is 4.54. The second-order valence-corrected chi connectivity index (χ2v) is 6.46. The van der Waals surface area contributed by atoms with Crippen molar-refractivity contribution >= 4 is 0 Å². The zero-order chi connectivity index (χ0) is 15.7. The fourth-order valence-corrected chi connectivity index (χ4v) is 3.39. The minimum atomic E-state index is -0.195. The van der Waals surface area contributed by atoms with Gasteiger partial charge in [-0.05, 0) is 41.2 Å². The Morgan fingerprint density at radius 3 is 2.32 bits per heavy atom. The standard InChI is InChI=1S/C19H23FN2/c1-12(2)19(13-7-9-14(20)10-8-13)22-18-11-17(21)15-5-3-4-6-16(15)18/h3-10,12,17-19,22H,11,21H2,1-2H3. The number of benzene rings is 2. The van der Waals surface area contributed by atoms with Crippen LogP contribution in [0.4, 0.5) is 4.39 Å². The van der Waals surface area contributed by atoms with Crippen LogP contribution < -0.4 is 11.1 Å². The van der Waals surface area contributed by atoms with Gasteiger partial charge >= 0.3 is 0 Å². The number of fused-ring (bicyclic) bond motifs is 1. The predicted molar refractivity (Wildman–Crippen MR) is 87.8 cm³/mol. The molecule has 3 atom stereocenters. The van der Waals surface area contributed by atoms with E-state index in [-0.39, 0.29) is 23.9 Å². The number of nitrogens with one attached hydrogen (secondary N) is 1. The number of hydrogen-bond acceptors (Lipinski definition) is 2. The summed E-state index contributed by atoms with van der Waals surface area (Å²) >= 11 is 0. The van der Waals surface area contributed by atoms with Gasteiger partial charge in [-0.15, -0.1) is 0 Å². The molecule has 0 heterocycles. The van der Waals surface area contributed by atoms with Crippen molar-refractivity contribution in [1.82, 2.24) is 5.32 Å². The Kier molecular flexibility index (Phi) is 4.27. The first-order valence-corrected chi connectivity index (χ1v) is 7.92. The highest BCUT2D eigenvalue weighted by molar-refractivity contribution is 5.37. The molecular weight excluding hydrogens is 275 g/mol. The molecule has 0 spiro atoms. The first-order chi connectivity index (χ1) is 10.6. The van der Waals surface area contributed by atoms with Gasteiger partial charge in [-0.3, -0.25) is 0 Å². The van der Waals surface area contributed by atoms with Crippen LogP contribution in [0.15, 0.2) is 48.5 Å². The molecule has 0 saturated heterocycles. The van der Waals surface area contributed by atoms with E-state index in [0.29, 0.717) is 5.92 Å². The second kappa shape index (κ2) is 6.19. The monoisotopic (exact) mass is 298 g/mol. The molecule has 3 N–H and O–H groups in total. The van der Waals surface area contributed by atoms with Crippen molar-refractivity contribution in [3.05, 3.63) is 71.0 Å². The average Bonchev–Trinajstić information content (AvgIpc) is 2.83. The highest BCUT2D eigenvalue weighted by Crippen LogP contribution is 2.39. The van der Waals surface area contributed by atoms with Gasteiger partial charge in [0.15, 0.2) is 0 Å². The molecular formula is C19H23FN2. The first kappa shape index (κ1) is 15.2. The molecule has 0 aromatic heterocycles. The quantitative estimate of drug-likeness (QED) is 0.885. The molecule has 3 heteroatoms. The molecule has 0 fully saturated rings. The van der Waals surface area contributed by atoms with Gasteiger partial charge in [-0.2, -0.15) is 0 Å². The van der Waals surface area contributed by atoms with Gasteiger partial charge in [0.1, 0.15) is 5.82 Å². The molecule has 0 bridgehead atoms. The fourth-order valence-electron chi connectivity index (χ4n) is 3.39.